The molecule has 0 bridgehead atoms. The van der Waals surface area contributed by atoms with Crippen LogP contribution in [0.3, 0.4) is 0 Å². The number of hydrogen-bond acceptors (Lipinski definition) is 1. The van der Waals surface area contributed by atoms with Crippen molar-refractivity contribution in [3.63, 3.8) is 0 Å². The van der Waals surface area contributed by atoms with Crippen LogP contribution in [0.1, 0.15) is 63.0 Å². The summed E-state index contributed by atoms with van der Waals surface area (Å²) < 4.78 is 0. The SMILES string of the molecule is CC1(C)CC(c2ccccc2C2CCC2)=CC(O)C1. The maximum absolute atomic E-state index is 10.1. The second kappa shape index (κ2) is 4.79. The molecule has 0 aromatic heterocycles. The van der Waals surface area contributed by atoms with Crippen molar-refractivity contribution in [3.05, 3.63) is 41.5 Å². The van der Waals surface area contributed by atoms with Crippen LogP contribution in [0.2, 0.25) is 0 Å². The van der Waals surface area contributed by atoms with E-state index in [1.165, 1.54) is 36.0 Å². The van der Waals surface area contributed by atoms with Gasteiger partial charge < -0.3 is 5.11 Å². The average Bonchev–Trinajstić information content (AvgIpc) is 2.24. The Kier molecular flexibility index (Phi) is 3.26. The summed E-state index contributed by atoms with van der Waals surface area (Å²) >= 11 is 0. The van der Waals surface area contributed by atoms with E-state index in [1.807, 2.05) is 0 Å². The van der Waals surface area contributed by atoms with Crippen molar-refractivity contribution >= 4 is 5.57 Å². The Morgan fingerprint density at radius 3 is 2.53 bits per heavy atom. The predicted molar refractivity (Wildman–Crippen MR) is 80.0 cm³/mol. The third kappa shape index (κ3) is 2.62. The van der Waals surface area contributed by atoms with E-state index in [4.69, 9.17) is 0 Å². The van der Waals surface area contributed by atoms with Gasteiger partial charge >= 0.3 is 0 Å². The first-order valence-electron chi connectivity index (χ1n) is 7.53. The van der Waals surface area contributed by atoms with Gasteiger partial charge in [-0.25, -0.2) is 0 Å². The van der Waals surface area contributed by atoms with Crippen molar-refractivity contribution in [2.75, 3.05) is 0 Å². The highest BCUT2D eigenvalue weighted by Gasteiger charge is 2.30. The number of rotatable bonds is 2. The maximum Gasteiger partial charge on any atom is 0.0732 e. The summed E-state index contributed by atoms with van der Waals surface area (Å²) in [5.74, 6) is 0.749. The second-order valence-corrected chi connectivity index (χ2v) is 7.02. The van der Waals surface area contributed by atoms with Gasteiger partial charge in [0.1, 0.15) is 0 Å². The molecule has 0 spiro atoms. The predicted octanol–water partition coefficient (Wildman–Crippen LogP) is 4.52. The molecule has 1 heteroatoms. The summed E-state index contributed by atoms with van der Waals surface area (Å²) in [4.78, 5) is 0. The minimum Gasteiger partial charge on any atom is -0.389 e. The Balaban J connectivity index is 1.97. The molecule has 1 saturated carbocycles. The fourth-order valence-corrected chi connectivity index (χ4v) is 3.55. The van der Waals surface area contributed by atoms with Gasteiger partial charge in [0.15, 0.2) is 0 Å². The normalized spacial score (nSPS) is 26.7. The molecule has 1 unspecified atom stereocenters. The first-order chi connectivity index (χ1) is 9.05. The molecule has 1 aromatic carbocycles. The van der Waals surface area contributed by atoms with Gasteiger partial charge in [-0.2, -0.15) is 0 Å². The molecule has 0 saturated heterocycles. The van der Waals surface area contributed by atoms with Crippen LogP contribution in [0.4, 0.5) is 0 Å². The van der Waals surface area contributed by atoms with Crippen LogP contribution >= 0.6 is 0 Å². The second-order valence-electron chi connectivity index (χ2n) is 7.02. The zero-order chi connectivity index (χ0) is 13.5. The fraction of sp³-hybridized carbons (Fsp3) is 0.556. The molecule has 0 radical (unpaired) electrons. The third-order valence-electron chi connectivity index (χ3n) is 4.68. The molecule has 0 amide bonds. The summed E-state index contributed by atoms with van der Waals surface area (Å²) in [5, 5.41) is 10.1. The summed E-state index contributed by atoms with van der Waals surface area (Å²) in [6, 6.07) is 8.82. The molecule has 2 aliphatic carbocycles. The maximum atomic E-state index is 10.1. The first kappa shape index (κ1) is 12.9. The Morgan fingerprint density at radius 2 is 1.89 bits per heavy atom. The quantitative estimate of drug-likeness (QED) is 0.825. The monoisotopic (exact) mass is 256 g/mol. The van der Waals surface area contributed by atoms with E-state index >= 15 is 0 Å². The fourth-order valence-electron chi connectivity index (χ4n) is 3.55. The van der Waals surface area contributed by atoms with Crippen molar-refractivity contribution < 1.29 is 5.11 Å². The van der Waals surface area contributed by atoms with E-state index in [0.29, 0.717) is 0 Å². The van der Waals surface area contributed by atoms with Crippen molar-refractivity contribution in [1.82, 2.24) is 0 Å². The van der Waals surface area contributed by atoms with Crippen LogP contribution in [0, 0.1) is 5.41 Å². The van der Waals surface area contributed by atoms with Crippen LogP contribution < -0.4 is 0 Å². The van der Waals surface area contributed by atoms with E-state index in [9.17, 15) is 5.11 Å². The van der Waals surface area contributed by atoms with Gasteiger partial charge in [0, 0.05) is 0 Å². The topological polar surface area (TPSA) is 20.2 Å². The molecule has 1 fully saturated rings. The minimum atomic E-state index is -0.284. The van der Waals surface area contributed by atoms with Gasteiger partial charge in [-0.3, -0.25) is 0 Å². The third-order valence-corrected chi connectivity index (χ3v) is 4.68. The number of hydrogen-bond donors (Lipinski definition) is 1. The molecule has 19 heavy (non-hydrogen) atoms. The zero-order valence-electron chi connectivity index (χ0n) is 12.0. The largest absolute Gasteiger partial charge is 0.389 e. The van der Waals surface area contributed by atoms with Crippen LogP contribution in [0.25, 0.3) is 5.57 Å². The van der Waals surface area contributed by atoms with Crippen molar-refractivity contribution in [1.29, 1.82) is 0 Å². The number of aliphatic hydroxyl groups excluding tert-OH is 1. The lowest BCUT2D eigenvalue weighted by atomic mass is 9.71. The first-order valence-corrected chi connectivity index (χ1v) is 7.53. The minimum absolute atomic E-state index is 0.205. The Labute approximate surface area is 116 Å². The summed E-state index contributed by atoms with van der Waals surface area (Å²) in [6.45, 7) is 4.52. The van der Waals surface area contributed by atoms with Crippen LogP contribution in [-0.2, 0) is 0 Å². The van der Waals surface area contributed by atoms with Gasteiger partial charge in [-0.1, -0.05) is 50.6 Å². The molecule has 1 nitrogen and oxygen atoms in total. The molecular weight excluding hydrogens is 232 g/mol. The molecule has 1 aromatic rings. The summed E-state index contributed by atoms with van der Waals surface area (Å²) in [5.41, 5.74) is 4.45. The lowest BCUT2D eigenvalue weighted by Crippen LogP contribution is -2.25. The number of aliphatic hydroxyl groups is 1. The molecule has 0 aliphatic heterocycles. The van der Waals surface area contributed by atoms with Crippen molar-refractivity contribution in [2.45, 2.75) is 58.0 Å². The highest BCUT2D eigenvalue weighted by molar-refractivity contribution is 5.70. The Morgan fingerprint density at radius 1 is 1.16 bits per heavy atom. The lowest BCUT2D eigenvalue weighted by Gasteiger charge is -2.35. The van der Waals surface area contributed by atoms with E-state index in [-0.39, 0.29) is 11.5 Å². The molecule has 2 aliphatic rings. The van der Waals surface area contributed by atoms with Gasteiger partial charge in [0.05, 0.1) is 6.10 Å². The summed E-state index contributed by atoms with van der Waals surface area (Å²) in [7, 11) is 0. The molecule has 1 atom stereocenters. The van der Waals surface area contributed by atoms with E-state index < -0.39 is 0 Å². The standard InChI is InChI=1S/C18H24O/c1-18(2)11-14(10-15(19)12-18)17-9-4-3-8-16(17)13-6-5-7-13/h3-4,8-10,13,15,19H,5-7,11-12H2,1-2H3. The van der Waals surface area contributed by atoms with Gasteiger partial charge in [0.25, 0.3) is 0 Å². The highest BCUT2D eigenvalue weighted by Crippen LogP contribution is 2.44. The van der Waals surface area contributed by atoms with E-state index in [1.54, 1.807) is 0 Å². The van der Waals surface area contributed by atoms with Crippen LogP contribution in [0.5, 0.6) is 0 Å². The van der Waals surface area contributed by atoms with E-state index in [2.05, 4.69) is 44.2 Å². The van der Waals surface area contributed by atoms with E-state index in [0.717, 1.165) is 18.8 Å². The highest BCUT2D eigenvalue weighted by atomic mass is 16.3. The summed E-state index contributed by atoms with van der Waals surface area (Å²) in [6.07, 6.45) is 7.78. The average molecular weight is 256 g/mol. The molecule has 102 valence electrons. The van der Waals surface area contributed by atoms with Crippen LogP contribution in [-0.4, -0.2) is 11.2 Å². The molecular formula is C18H24O. The van der Waals surface area contributed by atoms with Crippen molar-refractivity contribution in [2.24, 2.45) is 5.41 Å². The van der Waals surface area contributed by atoms with Gasteiger partial charge in [-0.05, 0) is 53.7 Å². The van der Waals surface area contributed by atoms with Gasteiger partial charge in [0.2, 0.25) is 0 Å². The number of benzene rings is 1. The molecule has 1 N–H and O–H groups in total. The smallest absolute Gasteiger partial charge is 0.0732 e. The zero-order valence-corrected chi connectivity index (χ0v) is 12.0. The number of allylic oxidation sites excluding steroid dienone is 1. The van der Waals surface area contributed by atoms with Crippen molar-refractivity contribution in [3.8, 4) is 0 Å². The van der Waals surface area contributed by atoms with Crippen LogP contribution in [0.15, 0.2) is 30.3 Å². The molecule has 0 heterocycles. The lowest BCUT2D eigenvalue weighted by molar-refractivity contribution is 0.146. The van der Waals surface area contributed by atoms with Gasteiger partial charge in [-0.15, -0.1) is 0 Å². The Hall–Kier alpha value is -1.08. The molecule has 3 rings (SSSR count). The Bertz CT molecular complexity index is 494.